The number of carbonyl (C=O) groups is 2. The van der Waals surface area contributed by atoms with Gasteiger partial charge >= 0.3 is 27.6 Å². The van der Waals surface area contributed by atoms with Crippen LogP contribution in [-0.2, 0) is 41.8 Å². The van der Waals surface area contributed by atoms with E-state index in [0.29, 0.717) is 32.1 Å². The molecule has 0 heterocycles. The molecule has 8 N–H and O–H groups in total. The number of carbonyl (C=O) groups excluding carboxylic acids is 2. The van der Waals surface area contributed by atoms with Crippen molar-refractivity contribution in [2.45, 2.75) is 198 Å². The number of hydrogen-bond donors (Lipinski definition) is 8. The van der Waals surface area contributed by atoms with Gasteiger partial charge in [0.15, 0.2) is 6.10 Å². The molecule has 1 fully saturated rings. The number of rotatable bonds is 40. The minimum Gasteiger partial charge on any atom is -0.462 e. The molecule has 400 valence electrons. The molecule has 70 heavy (non-hydrogen) atoms. The molecule has 0 bridgehead atoms. The normalized spacial score (nSPS) is 22.3. The molecule has 0 aromatic heterocycles. The number of hydrogen-bond acceptors (Lipinski definition) is 14. The maximum absolute atomic E-state index is 13.0. The van der Waals surface area contributed by atoms with Crippen molar-refractivity contribution in [1.82, 2.24) is 0 Å². The first kappa shape index (κ1) is 64.9. The largest absolute Gasteiger partial charge is 0.472 e. The Morgan fingerprint density at radius 2 is 1.06 bits per heavy atom. The lowest BCUT2D eigenvalue weighted by Gasteiger charge is -2.43. The summed E-state index contributed by atoms with van der Waals surface area (Å²) < 4.78 is 49.3. The topological polar surface area (TPSA) is 276 Å². The van der Waals surface area contributed by atoms with E-state index in [1.165, 1.54) is 12.8 Å². The maximum atomic E-state index is 13.0. The van der Waals surface area contributed by atoms with Crippen molar-refractivity contribution in [3.8, 4) is 0 Å². The van der Waals surface area contributed by atoms with Crippen molar-refractivity contribution >= 4 is 27.6 Å². The van der Waals surface area contributed by atoms with Gasteiger partial charge in [0.2, 0.25) is 0 Å². The van der Waals surface area contributed by atoms with Crippen LogP contribution < -0.4 is 0 Å². The van der Waals surface area contributed by atoms with E-state index in [0.717, 1.165) is 77.0 Å². The van der Waals surface area contributed by atoms with E-state index in [1.54, 1.807) is 12.2 Å². The Bertz CT molecular complexity index is 1730. The first-order valence-electron chi connectivity index (χ1n) is 24.9. The number of allylic oxidation sites excluding steroid dienone is 14. The van der Waals surface area contributed by atoms with Crippen LogP contribution in [0.25, 0.3) is 0 Å². The van der Waals surface area contributed by atoms with Gasteiger partial charge in [0.25, 0.3) is 0 Å². The lowest BCUT2D eigenvalue weighted by Crippen LogP contribution is -2.64. The Kier molecular flexibility index (Phi) is 37.4. The van der Waals surface area contributed by atoms with E-state index in [-0.39, 0.29) is 12.8 Å². The number of ether oxygens (including phenoxy) is 2. The fourth-order valence-electron chi connectivity index (χ4n) is 6.86. The second-order valence-electron chi connectivity index (χ2n) is 17.0. The highest BCUT2D eigenvalue weighted by Crippen LogP contribution is 2.49. The Balaban J connectivity index is 2.64. The van der Waals surface area contributed by atoms with Crippen LogP contribution in [0.15, 0.2) is 97.2 Å². The average molecular weight is 1030 g/mol. The zero-order valence-electron chi connectivity index (χ0n) is 41.3. The predicted molar refractivity (Wildman–Crippen MR) is 270 cm³/mol. The van der Waals surface area contributed by atoms with Crippen LogP contribution in [0.5, 0.6) is 0 Å². The molecule has 17 nitrogen and oxygen atoms in total. The molecule has 0 amide bonds. The fourth-order valence-corrected chi connectivity index (χ4v) is 8.40. The van der Waals surface area contributed by atoms with Gasteiger partial charge < -0.3 is 49.7 Å². The molecule has 0 aliphatic heterocycles. The van der Waals surface area contributed by atoms with Gasteiger partial charge in [0.05, 0.1) is 12.7 Å². The fraction of sp³-hybridized carbons (Fsp3) is 0.647. The molecule has 1 rings (SSSR count). The number of phosphoric ester groups is 2. The summed E-state index contributed by atoms with van der Waals surface area (Å²) in [6, 6.07) is 0. The molecule has 0 aromatic rings. The second-order valence-corrected chi connectivity index (χ2v) is 19.6. The summed E-state index contributed by atoms with van der Waals surface area (Å²) in [6.45, 7) is 2.83. The molecular weight excluding hydrogens is 946 g/mol. The zero-order valence-corrected chi connectivity index (χ0v) is 43.1. The van der Waals surface area contributed by atoms with Crippen LogP contribution in [0.4, 0.5) is 0 Å². The standard InChI is InChI=1S/C51H84O17P2/c1-3-5-7-9-11-12-13-14-15-16-17-18-19-20-21-22-26-30-34-38-44(53)64-40-43(41-65-70(62,63)68-51-48(57)46(55)47(56)50(49(51)58)67-69(59,60)61)66-45(54)39-35-31-27-24-23-25-29-33-37-42(52)36-32-28-10-8-6-4-2/h5,7,11-12,14-15,17-18,24-25,27-29,32-33,37,42-43,46-52,55-58H,3-4,6,8-10,13,16,19-23,26,30-31,34-36,38-41H2,1-2H3,(H,62,63)(H2,59,60,61)/b7-5-,12-11-,15-14-,18-17-,27-24-,29-25-,32-28-,37-33+/t42-,43+,46?,47?,48?,49?,50+,51-/m0/s1. The average Bonchev–Trinajstić information content (AvgIpc) is 3.31. The quantitative estimate of drug-likeness (QED) is 0.00935. The number of aliphatic hydroxyl groups excluding tert-OH is 5. The number of aliphatic hydroxyl groups is 5. The third kappa shape index (κ3) is 34.3. The summed E-state index contributed by atoms with van der Waals surface area (Å²) in [7, 11) is -10.7. The molecular formula is C51H84O17P2. The molecule has 0 radical (unpaired) electrons. The van der Waals surface area contributed by atoms with Gasteiger partial charge in [-0.15, -0.1) is 0 Å². The maximum Gasteiger partial charge on any atom is 0.472 e. The van der Waals surface area contributed by atoms with Crippen molar-refractivity contribution in [1.29, 1.82) is 0 Å². The van der Waals surface area contributed by atoms with Crippen LogP contribution in [0.2, 0.25) is 0 Å². The smallest absolute Gasteiger partial charge is 0.462 e. The summed E-state index contributed by atoms with van der Waals surface area (Å²) >= 11 is 0. The number of unbranched alkanes of at least 4 members (excludes halogenated alkanes) is 10. The van der Waals surface area contributed by atoms with Crippen molar-refractivity contribution in [3.05, 3.63) is 97.2 Å². The lowest BCUT2D eigenvalue weighted by molar-refractivity contribution is -0.216. The summed E-state index contributed by atoms with van der Waals surface area (Å²) in [4.78, 5) is 54.4. The van der Waals surface area contributed by atoms with E-state index in [9.17, 15) is 58.9 Å². The molecule has 1 aliphatic rings. The van der Waals surface area contributed by atoms with Gasteiger partial charge in [0, 0.05) is 12.8 Å². The minimum atomic E-state index is -5.39. The molecule has 19 heteroatoms. The van der Waals surface area contributed by atoms with Crippen molar-refractivity contribution in [2.75, 3.05) is 13.2 Å². The van der Waals surface area contributed by atoms with Gasteiger partial charge in [-0.05, 0) is 83.5 Å². The van der Waals surface area contributed by atoms with Crippen molar-refractivity contribution < 1.29 is 82.0 Å². The van der Waals surface area contributed by atoms with Crippen LogP contribution >= 0.6 is 15.6 Å². The van der Waals surface area contributed by atoms with Crippen LogP contribution in [-0.4, -0.2) is 114 Å². The summed E-state index contributed by atoms with van der Waals surface area (Å²) in [5.74, 6) is -1.34. The lowest BCUT2D eigenvalue weighted by atomic mass is 9.85. The third-order valence-corrected chi connectivity index (χ3v) is 12.2. The van der Waals surface area contributed by atoms with Gasteiger partial charge in [-0.2, -0.15) is 0 Å². The van der Waals surface area contributed by atoms with Crippen molar-refractivity contribution in [2.24, 2.45) is 0 Å². The highest BCUT2D eigenvalue weighted by Gasteiger charge is 2.54. The monoisotopic (exact) mass is 1030 g/mol. The predicted octanol–water partition coefficient (Wildman–Crippen LogP) is 8.92. The Labute approximate surface area is 416 Å². The Morgan fingerprint density at radius 3 is 1.67 bits per heavy atom. The van der Waals surface area contributed by atoms with E-state index >= 15 is 0 Å². The minimum absolute atomic E-state index is 0.0728. The molecule has 0 spiro atoms. The first-order valence-corrected chi connectivity index (χ1v) is 27.9. The second kappa shape index (κ2) is 40.4. The van der Waals surface area contributed by atoms with Gasteiger partial charge in [-0.3, -0.25) is 23.2 Å². The first-order chi connectivity index (χ1) is 33.5. The summed E-state index contributed by atoms with van der Waals surface area (Å²) in [5, 5.41) is 51.4. The zero-order chi connectivity index (χ0) is 51.9. The number of esters is 2. The van der Waals surface area contributed by atoms with E-state index in [4.69, 9.17) is 18.5 Å². The Morgan fingerprint density at radius 1 is 0.543 bits per heavy atom. The highest BCUT2D eigenvalue weighted by atomic mass is 31.2. The van der Waals surface area contributed by atoms with E-state index in [1.807, 2.05) is 30.4 Å². The van der Waals surface area contributed by atoms with Crippen LogP contribution in [0, 0.1) is 0 Å². The van der Waals surface area contributed by atoms with Crippen LogP contribution in [0.1, 0.15) is 149 Å². The third-order valence-electron chi connectivity index (χ3n) is 10.7. The van der Waals surface area contributed by atoms with E-state index < -0.39 is 89.6 Å². The SMILES string of the molecule is CC/C=C\C/C=C\C/C=C\C/C=C\CCCCCCCCC(=O)OC[C@H](COP(=O)(O)O[C@H]1C(O)C(O)C(O)[C@@H](OP(=O)(O)O)C1O)OC(=O)CCC/C=C\C/C=C\C=C\[C@@H](O)C/C=C\CCCCC. The van der Waals surface area contributed by atoms with Crippen molar-refractivity contribution in [3.63, 3.8) is 0 Å². The highest BCUT2D eigenvalue weighted by molar-refractivity contribution is 7.47. The van der Waals surface area contributed by atoms with Gasteiger partial charge in [0.1, 0.15) is 43.2 Å². The summed E-state index contributed by atoms with van der Waals surface area (Å²) in [5.41, 5.74) is 0. The molecule has 5 unspecified atom stereocenters. The van der Waals surface area contributed by atoms with Gasteiger partial charge in [-0.25, -0.2) is 9.13 Å². The molecule has 1 aliphatic carbocycles. The Hall–Kier alpha value is -3.12. The number of phosphoric acid groups is 2. The molecule has 9 atom stereocenters. The van der Waals surface area contributed by atoms with Crippen LogP contribution in [0.3, 0.4) is 0 Å². The molecule has 1 saturated carbocycles. The summed E-state index contributed by atoms with van der Waals surface area (Å²) in [6.07, 6.45) is 33.8. The molecule has 0 saturated heterocycles. The van der Waals surface area contributed by atoms with E-state index in [2.05, 4.69) is 73.1 Å². The molecule has 0 aromatic carbocycles. The van der Waals surface area contributed by atoms with Gasteiger partial charge in [-0.1, -0.05) is 150 Å².